The summed E-state index contributed by atoms with van der Waals surface area (Å²) in [4.78, 5) is 21.8. The van der Waals surface area contributed by atoms with Crippen molar-refractivity contribution in [3.63, 3.8) is 0 Å². The van der Waals surface area contributed by atoms with Gasteiger partial charge in [-0.3, -0.25) is 0 Å². The number of benzene rings is 2. The standard InChI is InChI=1S/C16H12O5S/c1-9-2-4-10(5-3-9)12-6-11(20-8-14(17)18)7-13-15(12)21-16(19)22-13/h2-7H,8H2,1H3,(H,17,18). The van der Waals surface area contributed by atoms with E-state index < -0.39 is 17.5 Å². The molecule has 0 fully saturated rings. The molecule has 22 heavy (non-hydrogen) atoms. The van der Waals surface area contributed by atoms with E-state index in [2.05, 4.69) is 0 Å². The number of carboxylic acid groups (broad SMARTS) is 1. The molecule has 2 aromatic carbocycles. The largest absolute Gasteiger partial charge is 0.482 e. The van der Waals surface area contributed by atoms with Gasteiger partial charge in [-0.25, -0.2) is 9.59 Å². The van der Waals surface area contributed by atoms with Crippen molar-refractivity contribution >= 4 is 27.6 Å². The van der Waals surface area contributed by atoms with Crippen LogP contribution in [0.5, 0.6) is 5.75 Å². The molecule has 0 saturated carbocycles. The minimum absolute atomic E-state index is 0.391. The van der Waals surface area contributed by atoms with E-state index in [9.17, 15) is 9.59 Å². The van der Waals surface area contributed by atoms with Crippen LogP contribution in [0.4, 0.5) is 0 Å². The fourth-order valence-electron chi connectivity index (χ4n) is 2.13. The minimum atomic E-state index is -1.06. The summed E-state index contributed by atoms with van der Waals surface area (Å²) in [6.45, 7) is 1.54. The normalized spacial score (nSPS) is 10.8. The molecule has 1 N–H and O–H groups in total. The predicted octanol–water partition coefficient (Wildman–Crippen LogP) is 3.29. The van der Waals surface area contributed by atoms with Crippen LogP contribution in [0.25, 0.3) is 21.4 Å². The molecule has 3 rings (SSSR count). The van der Waals surface area contributed by atoms with Gasteiger partial charge in [-0.2, -0.15) is 0 Å². The predicted molar refractivity (Wildman–Crippen MR) is 83.7 cm³/mol. The summed E-state index contributed by atoms with van der Waals surface area (Å²) in [6, 6.07) is 11.1. The van der Waals surface area contributed by atoms with E-state index in [1.165, 1.54) is 0 Å². The van der Waals surface area contributed by atoms with Crippen molar-refractivity contribution in [1.82, 2.24) is 0 Å². The summed E-state index contributed by atoms with van der Waals surface area (Å²) >= 11 is 0.963. The zero-order valence-corrected chi connectivity index (χ0v) is 12.5. The molecule has 112 valence electrons. The Morgan fingerprint density at radius 2 is 2.00 bits per heavy atom. The Morgan fingerprint density at radius 1 is 1.27 bits per heavy atom. The molecular weight excluding hydrogens is 304 g/mol. The van der Waals surface area contributed by atoms with Gasteiger partial charge >= 0.3 is 10.9 Å². The smallest absolute Gasteiger partial charge is 0.396 e. The van der Waals surface area contributed by atoms with E-state index in [4.69, 9.17) is 14.3 Å². The van der Waals surface area contributed by atoms with Crippen molar-refractivity contribution in [2.75, 3.05) is 6.61 Å². The van der Waals surface area contributed by atoms with Gasteiger partial charge in [0.1, 0.15) is 5.75 Å². The molecular formula is C16H12O5S. The number of carbonyl (C=O) groups is 1. The van der Waals surface area contributed by atoms with E-state index in [1.807, 2.05) is 31.2 Å². The highest BCUT2D eigenvalue weighted by Gasteiger charge is 2.13. The van der Waals surface area contributed by atoms with Crippen LogP contribution in [0.1, 0.15) is 5.56 Å². The molecule has 0 atom stereocenters. The third-order valence-electron chi connectivity index (χ3n) is 3.13. The Labute approximate surface area is 129 Å². The Bertz CT molecular complexity index is 889. The van der Waals surface area contributed by atoms with Crippen LogP contribution in [0, 0.1) is 6.92 Å². The monoisotopic (exact) mass is 316 g/mol. The number of fused-ring (bicyclic) bond motifs is 1. The molecule has 5 nitrogen and oxygen atoms in total. The highest BCUT2D eigenvalue weighted by molar-refractivity contribution is 7.16. The number of carboxylic acids is 1. The number of aryl methyl sites for hydroxylation is 1. The van der Waals surface area contributed by atoms with E-state index in [0.717, 1.165) is 22.5 Å². The lowest BCUT2D eigenvalue weighted by atomic mass is 10.0. The maximum atomic E-state index is 11.5. The van der Waals surface area contributed by atoms with Crippen molar-refractivity contribution in [3.8, 4) is 16.9 Å². The topological polar surface area (TPSA) is 76.7 Å². The van der Waals surface area contributed by atoms with E-state index in [0.29, 0.717) is 21.6 Å². The summed E-state index contributed by atoms with van der Waals surface area (Å²) in [6.07, 6.45) is 0. The molecule has 0 radical (unpaired) electrons. The number of hydrogen-bond donors (Lipinski definition) is 1. The summed E-state index contributed by atoms with van der Waals surface area (Å²) in [7, 11) is 0. The van der Waals surface area contributed by atoms with Crippen LogP contribution in [-0.2, 0) is 4.79 Å². The van der Waals surface area contributed by atoms with Gasteiger partial charge in [0, 0.05) is 11.6 Å². The maximum Gasteiger partial charge on any atom is 0.396 e. The molecule has 0 amide bonds. The van der Waals surface area contributed by atoms with Gasteiger partial charge in [0.15, 0.2) is 12.2 Å². The van der Waals surface area contributed by atoms with Crippen LogP contribution in [0.3, 0.4) is 0 Å². The molecule has 0 saturated heterocycles. The Hall–Kier alpha value is -2.60. The fraction of sp³-hybridized carbons (Fsp3) is 0.125. The molecule has 3 aromatic rings. The number of hydrogen-bond acceptors (Lipinski definition) is 5. The molecule has 0 aliphatic rings. The lowest BCUT2D eigenvalue weighted by Gasteiger charge is -2.07. The van der Waals surface area contributed by atoms with Crippen LogP contribution in [-0.4, -0.2) is 17.7 Å². The number of ether oxygens (including phenoxy) is 1. The van der Waals surface area contributed by atoms with Crippen molar-refractivity contribution in [2.45, 2.75) is 6.92 Å². The van der Waals surface area contributed by atoms with E-state index in [-0.39, 0.29) is 0 Å². The van der Waals surface area contributed by atoms with Crippen molar-refractivity contribution < 1.29 is 19.1 Å². The lowest BCUT2D eigenvalue weighted by Crippen LogP contribution is -2.09. The molecule has 6 heteroatoms. The zero-order valence-electron chi connectivity index (χ0n) is 11.7. The van der Waals surface area contributed by atoms with Crippen LogP contribution in [0.15, 0.2) is 45.6 Å². The first kappa shape index (κ1) is 14.3. The second-order valence-electron chi connectivity index (χ2n) is 4.80. The van der Waals surface area contributed by atoms with Crippen molar-refractivity contribution in [2.24, 2.45) is 0 Å². The highest BCUT2D eigenvalue weighted by atomic mass is 32.1. The number of aliphatic carboxylic acids is 1. The Morgan fingerprint density at radius 3 is 2.68 bits per heavy atom. The van der Waals surface area contributed by atoms with Gasteiger partial charge < -0.3 is 14.3 Å². The van der Waals surface area contributed by atoms with Gasteiger partial charge in [0.25, 0.3) is 0 Å². The van der Waals surface area contributed by atoms with Crippen molar-refractivity contribution in [1.29, 1.82) is 0 Å². The summed E-state index contributed by atoms with van der Waals surface area (Å²) in [5, 5.41) is 8.72. The molecule has 0 bridgehead atoms. The minimum Gasteiger partial charge on any atom is -0.482 e. The molecule has 0 spiro atoms. The summed E-state index contributed by atoms with van der Waals surface area (Å²) in [5.74, 6) is -0.667. The van der Waals surface area contributed by atoms with Crippen LogP contribution >= 0.6 is 11.3 Å². The quantitative estimate of drug-likeness (QED) is 0.799. The number of rotatable bonds is 4. The third kappa shape index (κ3) is 2.87. The second kappa shape index (κ2) is 5.65. The summed E-state index contributed by atoms with van der Waals surface area (Å²) < 4.78 is 11.1. The van der Waals surface area contributed by atoms with Gasteiger partial charge in [0.2, 0.25) is 0 Å². The Balaban J connectivity index is 2.15. The fourth-order valence-corrected chi connectivity index (χ4v) is 2.85. The zero-order chi connectivity index (χ0) is 15.7. The highest BCUT2D eigenvalue weighted by Crippen LogP contribution is 2.34. The molecule has 0 unspecified atom stereocenters. The van der Waals surface area contributed by atoms with E-state index >= 15 is 0 Å². The van der Waals surface area contributed by atoms with E-state index in [1.54, 1.807) is 12.1 Å². The third-order valence-corrected chi connectivity index (χ3v) is 3.91. The molecule has 1 heterocycles. The molecule has 0 aliphatic heterocycles. The van der Waals surface area contributed by atoms with Gasteiger partial charge in [0.05, 0.1) is 4.70 Å². The SMILES string of the molecule is Cc1ccc(-c2cc(OCC(=O)O)cc3sc(=O)oc23)cc1. The molecule has 0 aliphatic carbocycles. The first-order chi connectivity index (χ1) is 10.5. The first-order valence-electron chi connectivity index (χ1n) is 6.52. The van der Waals surface area contributed by atoms with Gasteiger partial charge in [-0.1, -0.05) is 41.2 Å². The first-order valence-corrected chi connectivity index (χ1v) is 7.34. The second-order valence-corrected chi connectivity index (χ2v) is 5.78. The lowest BCUT2D eigenvalue weighted by molar-refractivity contribution is -0.139. The van der Waals surface area contributed by atoms with Crippen LogP contribution in [0.2, 0.25) is 0 Å². The van der Waals surface area contributed by atoms with Gasteiger partial charge in [-0.05, 0) is 18.6 Å². The molecule has 1 aromatic heterocycles. The summed E-state index contributed by atoms with van der Waals surface area (Å²) in [5.41, 5.74) is 3.18. The van der Waals surface area contributed by atoms with Crippen LogP contribution < -0.4 is 9.68 Å². The average Bonchev–Trinajstić information content (AvgIpc) is 2.85. The average molecular weight is 316 g/mol. The maximum absolute atomic E-state index is 11.5. The van der Waals surface area contributed by atoms with Crippen molar-refractivity contribution in [3.05, 3.63) is 51.7 Å². The van der Waals surface area contributed by atoms with Gasteiger partial charge in [-0.15, -0.1) is 0 Å². The Kier molecular flexibility index (Phi) is 3.68.